The van der Waals surface area contributed by atoms with Crippen LogP contribution in [0, 0.1) is 13.8 Å². The summed E-state index contributed by atoms with van der Waals surface area (Å²) in [6.07, 6.45) is 2.33. The summed E-state index contributed by atoms with van der Waals surface area (Å²) in [4.78, 5) is 27.7. The van der Waals surface area contributed by atoms with Crippen molar-refractivity contribution in [2.24, 2.45) is 0 Å². The average Bonchev–Trinajstić information content (AvgIpc) is 3.40. The molecule has 4 rings (SSSR count). The Hall–Kier alpha value is -3.80. The molecule has 3 aromatic rings. The quantitative estimate of drug-likeness (QED) is 0.346. The molecule has 1 unspecified atom stereocenters. The summed E-state index contributed by atoms with van der Waals surface area (Å²) in [6.45, 7) is 5.79. The van der Waals surface area contributed by atoms with Gasteiger partial charge >= 0.3 is 0 Å². The van der Waals surface area contributed by atoms with Gasteiger partial charge in [0.2, 0.25) is 0 Å². The van der Waals surface area contributed by atoms with E-state index in [4.69, 9.17) is 9.15 Å². The van der Waals surface area contributed by atoms with Crippen LogP contribution in [0.1, 0.15) is 41.0 Å². The Kier molecular flexibility index (Phi) is 5.61. The minimum Gasteiger partial charge on any atom is -0.507 e. The van der Waals surface area contributed by atoms with E-state index in [0.717, 1.165) is 23.1 Å². The fourth-order valence-corrected chi connectivity index (χ4v) is 4.25. The van der Waals surface area contributed by atoms with Crippen molar-refractivity contribution in [1.29, 1.82) is 0 Å². The van der Waals surface area contributed by atoms with Crippen LogP contribution >= 0.6 is 0 Å². The number of hydrogen-bond acceptors (Lipinski definition) is 5. The number of Topliss-reactive ketones (excluding diaryl/α,β-unsaturated/α-hetero) is 1. The lowest BCUT2D eigenvalue weighted by atomic mass is 9.96. The highest BCUT2D eigenvalue weighted by Crippen LogP contribution is 2.44. The molecule has 6 nitrogen and oxygen atoms in total. The fraction of sp³-hybridized carbons (Fsp3) is 0.231. The first-order valence-electron chi connectivity index (χ1n) is 10.5. The zero-order valence-electron chi connectivity index (χ0n) is 18.5. The summed E-state index contributed by atoms with van der Waals surface area (Å²) in [5, 5.41) is 11.3. The number of ketones is 1. The number of carbonyl (C=O) groups excluding carboxylic acids is 2. The molecule has 1 amide bonds. The van der Waals surface area contributed by atoms with Crippen LogP contribution in [-0.4, -0.2) is 23.9 Å². The predicted octanol–water partition coefficient (Wildman–Crippen LogP) is 5.09. The van der Waals surface area contributed by atoms with Gasteiger partial charge in [-0.1, -0.05) is 25.1 Å². The number of rotatable bonds is 5. The first-order chi connectivity index (χ1) is 15.4. The molecule has 1 aromatic heterocycles. The minimum absolute atomic E-state index is 0.0344. The normalized spacial score (nSPS) is 17.8. The van der Waals surface area contributed by atoms with Gasteiger partial charge in [0, 0.05) is 5.69 Å². The predicted molar refractivity (Wildman–Crippen MR) is 122 cm³/mol. The van der Waals surface area contributed by atoms with E-state index in [1.165, 1.54) is 18.3 Å². The number of aliphatic hydroxyl groups is 1. The molecule has 1 aliphatic heterocycles. The molecule has 1 atom stereocenters. The number of furan rings is 1. The van der Waals surface area contributed by atoms with E-state index in [1.54, 1.807) is 30.3 Å². The molecule has 1 fully saturated rings. The van der Waals surface area contributed by atoms with Crippen molar-refractivity contribution in [1.82, 2.24) is 0 Å². The summed E-state index contributed by atoms with van der Waals surface area (Å²) in [5.74, 6) is -0.954. The van der Waals surface area contributed by atoms with Crippen LogP contribution in [-0.2, 0) is 16.0 Å². The van der Waals surface area contributed by atoms with Crippen molar-refractivity contribution >= 4 is 23.1 Å². The van der Waals surface area contributed by atoms with Gasteiger partial charge in [-0.2, -0.15) is 0 Å². The second kappa shape index (κ2) is 8.38. The Labute approximate surface area is 186 Å². The van der Waals surface area contributed by atoms with Gasteiger partial charge in [-0.3, -0.25) is 14.5 Å². The van der Waals surface area contributed by atoms with Crippen LogP contribution < -0.4 is 9.64 Å². The topological polar surface area (TPSA) is 80.0 Å². The highest BCUT2D eigenvalue weighted by Gasteiger charge is 2.48. The number of hydrogen-bond donors (Lipinski definition) is 1. The number of aliphatic hydroxyl groups excluding tert-OH is 1. The van der Waals surface area contributed by atoms with Gasteiger partial charge in [0.25, 0.3) is 11.7 Å². The van der Waals surface area contributed by atoms with Crippen molar-refractivity contribution in [2.75, 3.05) is 12.0 Å². The summed E-state index contributed by atoms with van der Waals surface area (Å²) < 4.78 is 11.1. The standard InChI is InChI=1S/C26H25NO5/c1-5-17-8-10-18(11-9-17)27-22(20-7-6-12-32-20)21(24(29)26(27)30)23(28)19-14-15(2)13-16(3)25(19)31-4/h6-14,22,28H,5H2,1-4H3/b23-21-. The van der Waals surface area contributed by atoms with Gasteiger partial charge in [-0.15, -0.1) is 0 Å². The van der Waals surface area contributed by atoms with E-state index >= 15 is 0 Å². The summed E-state index contributed by atoms with van der Waals surface area (Å²) in [5.41, 5.74) is 3.70. The molecular formula is C26H25NO5. The molecule has 1 aliphatic rings. The van der Waals surface area contributed by atoms with Crippen LogP contribution in [0.25, 0.3) is 5.76 Å². The van der Waals surface area contributed by atoms with Crippen LogP contribution in [0.15, 0.2) is 64.8 Å². The number of amides is 1. The molecule has 0 radical (unpaired) electrons. The smallest absolute Gasteiger partial charge is 0.300 e. The first-order valence-corrected chi connectivity index (χ1v) is 10.5. The van der Waals surface area contributed by atoms with E-state index in [1.807, 2.05) is 39.0 Å². The fourth-order valence-electron chi connectivity index (χ4n) is 4.25. The van der Waals surface area contributed by atoms with Crippen molar-refractivity contribution in [2.45, 2.75) is 33.2 Å². The van der Waals surface area contributed by atoms with Crippen molar-refractivity contribution in [3.05, 3.63) is 88.4 Å². The van der Waals surface area contributed by atoms with Gasteiger partial charge in [-0.05, 0) is 67.3 Å². The Morgan fingerprint density at radius 2 is 1.84 bits per heavy atom. The van der Waals surface area contributed by atoms with Crippen molar-refractivity contribution < 1.29 is 23.8 Å². The van der Waals surface area contributed by atoms with Crippen LogP contribution in [0.4, 0.5) is 5.69 Å². The number of anilines is 1. The maximum absolute atomic E-state index is 13.2. The number of nitrogens with zero attached hydrogens (tertiary/aromatic N) is 1. The average molecular weight is 431 g/mol. The molecule has 2 heterocycles. The Morgan fingerprint density at radius 1 is 1.12 bits per heavy atom. The third-order valence-electron chi connectivity index (χ3n) is 5.76. The Bertz CT molecular complexity index is 1210. The lowest BCUT2D eigenvalue weighted by Gasteiger charge is -2.24. The van der Waals surface area contributed by atoms with Crippen molar-refractivity contribution in [3.8, 4) is 5.75 Å². The maximum Gasteiger partial charge on any atom is 0.300 e. The Balaban J connectivity index is 1.95. The van der Waals surface area contributed by atoms with Gasteiger partial charge in [0.1, 0.15) is 23.3 Å². The Morgan fingerprint density at radius 3 is 2.44 bits per heavy atom. The SMILES string of the molecule is CCc1ccc(N2C(=O)C(=O)/C(=C(\O)c3cc(C)cc(C)c3OC)C2c2ccco2)cc1. The summed E-state index contributed by atoms with van der Waals surface area (Å²) >= 11 is 0. The zero-order chi connectivity index (χ0) is 23.0. The number of benzene rings is 2. The van der Waals surface area contributed by atoms with Gasteiger partial charge in [0.05, 0.1) is 24.5 Å². The molecule has 164 valence electrons. The van der Waals surface area contributed by atoms with E-state index < -0.39 is 17.7 Å². The third-order valence-corrected chi connectivity index (χ3v) is 5.76. The second-order valence-corrected chi connectivity index (χ2v) is 7.87. The maximum atomic E-state index is 13.2. The highest BCUT2D eigenvalue weighted by molar-refractivity contribution is 6.51. The third kappa shape index (κ3) is 3.47. The summed E-state index contributed by atoms with van der Waals surface area (Å²) in [7, 11) is 1.51. The number of carbonyl (C=O) groups is 2. The number of aryl methyl sites for hydroxylation is 3. The first kappa shape index (κ1) is 21.4. The molecule has 1 N–H and O–H groups in total. The molecule has 0 bridgehead atoms. The van der Waals surface area contributed by atoms with Crippen LogP contribution in [0.3, 0.4) is 0 Å². The van der Waals surface area contributed by atoms with E-state index in [-0.39, 0.29) is 11.3 Å². The van der Waals surface area contributed by atoms with Crippen molar-refractivity contribution in [3.63, 3.8) is 0 Å². The van der Waals surface area contributed by atoms with Gasteiger partial charge < -0.3 is 14.3 Å². The lowest BCUT2D eigenvalue weighted by Crippen LogP contribution is -2.29. The largest absolute Gasteiger partial charge is 0.507 e. The highest BCUT2D eigenvalue weighted by atomic mass is 16.5. The van der Waals surface area contributed by atoms with Gasteiger partial charge in [-0.25, -0.2) is 0 Å². The second-order valence-electron chi connectivity index (χ2n) is 7.87. The number of ether oxygens (including phenoxy) is 1. The monoisotopic (exact) mass is 431 g/mol. The van der Waals surface area contributed by atoms with E-state index in [9.17, 15) is 14.7 Å². The molecule has 0 aliphatic carbocycles. The summed E-state index contributed by atoms with van der Waals surface area (Å²) in [6, 6.07) is 13.6. The lowest BCUT2D eigenvalue weighted by molar-refractivity contribution is -0.132. The minimum atomic E-state index is -0.900. The molecule has 0 spiro atoms. The molecule has 2 aromatic carbocycles. The zero-order valence-corrected chi connectivity index (χ0v) is 18.5. The molecular weight excluding hydrogens is 406 g/mol. The molecule has 32 heavy (non-hydrogen) atoms. The molecule has 1 saturated heterocycles. The molecule has 0 saturated carbocycles. The number of methoxy groups -OCH3 is 1. The van der Waals surface area contributed by atoms with Crippen LogP contribution in [0.2, 0.25) is 0 Å². The molecule has 6 heteroatoms. The van der Waals surface area contributed by atoms with Gasteiger partial charge in [0.15, 0.2) is 0 Å². The van der Waals surface area contributed by atoms with E-state index in [0.29, 0.717) is 22.8 Å². The van der Waals surface area contributed by atoms with E-state index in [2.05, 4.69) is 0 Å². The van der Waals surface area contributed by atoms with Crippen LogP contribution in [0.5, 0.6) is 5.75 Å².